The Morgan fingerprint density at radius 1 is 0.681 bits per heavy atom. The van der Waals surface area contributed by atoms with Gasteiger partial charge >= 0.3 is 24.5 Å². The SMILES string of the molecule is CC(C)(C)OC(=O)N1CCn2c(C(F)(F)F)nc(Br)c2C1.CC(C)(C)OC(=O)N1CCn2c(C(F)(F)F)nc(N3CCOCC3)c2C1. The minimum Gasteiger partial charge on any atom is -0.444 e. The predicted octanol–water partition coefficient (Wildman–Crippen LogP) is 5.90. The van der Waals surface area contributed by atoms with Crippen molar-refractivity contribution >= 4 is 33.9 Å². The number of aromatic nitrogens is 4. The van der Waals surface area contributed by atoms with Gasteiger partial charge in [0.15, 0.2) is 5.82 Å². The number of nitrogens with zero attached hydrogens (tertiary/aromatic N) is 7. The number of hydrogen-bond donors (Lipinski definition) is 0. The number of imidazole rings is 2. The van der Waals surface area contributed by atoms with E-state index in [0.717, 1.165) is 4.57 Å². The number of rotatable bonds is 1. The molecule has 0 atom stereocenters. The number of fused-ring (bicyclic) bond motifs is 2. The lowest BCUT2D eigenvalue weighted by Crippen LogP contribution is -2.43. The molecule has 1 fully saturated rings. The summed E-state index contributed by atoms with van der Waals surface area (Å²) in [6.07, 6.45) is -10.1. The van der Waals surface area contributed by atoms with Crippen molar-refractivity contribution in [2.45, 2.75) is 91.3 Å². The largest absolute Gasteiger partial charge is 0.449 e. The fourth-order valence-corrected chi connectivity index (χ4v) is 5.61. The molecule has 0 aliphatic carbocycles. The Labute approximate surface area is 276 Å². The number of carbonyl (C=O) groups excluding carboxylic acids is 2. The van der Waals surface area contributed by atoms with Gasteiger partial charge < -0.3 is 38.0 Å². The number of carbonyl (C=O) groups is 2. The van der Waals surface area contributed by atoms with Gasteiger partial charge in [-0.25, -0.2) is 19.6 Å². The quantitative estimate of drug-likeness (QED) is 0.332. The number of hydrogen-bond acceptors (Lipinski definition) is 8. The molecule has 2 aromatic heterocycles. The van der Waals surface area contributed by atoms with Gasteiger partial charge in [0.1, 0.15) is 15.8 Å². The van der Waals surface area contributed by atoms with Crippen molar-refractivity contribution in [3.63, 3.8) is 0 Å². The Balaban J connectivity index is 0.000000218. The van der Waals surface area contributed by atoms with E-state index in [1.165, 1.54) is 14.4 Å². The van der Waals surface area contributed by atoms with E-state index in [4.69, 9.17) is 14.2 Å². The van der Waals surface area contributed by atoms with Gasteiger partial charge in [-0.3, -0.25) is 0 Å². The maximum Gasteiger partial charge on any atom is 0.449 e. The van der Waals surface area contributed by atoms with Crippen LogP contribution < -0.4 is 4.90 Å². The highest BCUT2D eigenvalue weighted by Crippen LogP contribution is 2.36. The van der Waals surface area contributed by atoms with E-state index in [1.807, 2.05) is 0 Å². The summed E-state index contributed by atoms with van der Waals surface area (Å²) in [6, 6.07) is 0. The fourth-order valence-electron chi connectivity index (χ4n) is 5.11. The molecule has 19 heteroatoms. The van der Waals surface area contributed by atoms with Crippen LogP contribution in [0.15, 0.2) is 4.60 Å². The van der Waals surface area contributed by atoms with E-state index in [-0.39, 0.29) is 49.7 Å². The number of anilines is 1. The Bertz CT molecular complexity index is 1460. The third-order valence-electron chi connectivity index (χ3n) is 7.06. The summed E-state index contributed by atoms with van der Waals surface area (Å²) in [4.78, 5) is 36.3. The normalized spacial score (nSPS) is 17.4. The second kappa shape index (κ2) is 13.4. The molecule has 2 amide bonds. The summed E-state index contributed by atoms with van der Waals surface area (Å²) in [7, 11) is 0. The molecule has 0 N–H and O–H groups in total. The van der Waals surface area contributed by atoms with Crippen molar-refractivity contribution in [1.29, 1.82) is 0 Å². The van der Waals surface area contributed by atoms with E-state index in [2.05, 4.69) is 25.9 Å². The molecule has 0 radical (unpaired) electrons. The van der Waals surface area contributed by atoms with Crippen LogP contribution in [0.1, 0.15) is 64.6 Å². The molecule has 0 aromatic carbocycles. The smallest absolute Gasteiger partial charge is 0.444 e. The molecule has 5 heterocycles. The summed E-state index contributed by atoms with van der Waals surface area (Å²) in [5, 5.41) is 0. The molecular weight excluding hydrogens is 708 g/mol. The maximum atomic E-state index is 13.4. The highest BCUT2D eigenvalue weighted by Gasteiger charge is 2.43. The summed E-state index contributed by atoms with van der Waals surface area (Å²) < 4.78 is 97.0. The molecule has 1 saturated heterocycles. The van der Waals surface area contributed by atoms with Crippen molar-refractivity contribution in [2.24, 2.45) is 0 Å². The van der Waals surface area contributed by atoms with E-state index >= 15 is 0 Å². The summed E-state index contributed by atoms with van der Waals surface area (Å²) in [5.74, 6) is -1.60. The highest BCUT2D eigenvalue weighted by molar-refractivity contribution is 9.10. The molecule has 264 valence electrons. The molecule has 47 heavy (non-hydrogen) atoms. The number of amides is 2. The van der Waals surface area contributed by atoms with Crippen LogP contribution in [0.4, 0.5) is 41.7 Å². The molecule has 3 aliphatic rings. The van der Waals surface area contributed by atoms with Crippen LogP contribution in [0, 0.1) is 0 Å². The first-order chi connectivity index (χ1) is 21.5. The zero-order chi connectivity index (χ0) is 35.1. The topological polar surface area (TPSA) is 107 Å². The minimum atomic E-state index is -4.55. The lowest BCUT2D eigenvalue weighted by atomic mass is 10.2. The van der Waals surface area contributed by atoms with E-state index < -0.39 is 47.4 Å². The van der Waals surface area contributed by atoms with Gasteiger partial charge in [-0.2, -0.15) is 26.3 Å². The lowest BCUT2D eigenvalue weighted by Gasteiger charge is -2.33. The van der Waals surface area contributed by atoms with Gasteiger partial charge in [-0.15, -0.1) is 0 Å². The van der Waals surface area contributed by atoms with E-state index in [0.29, 0.717) is 37.7 Å². The summed E-state index contributed by atoms with van der Waals surface area (Å²) >= 11 is 3.02. The van der Waals surface area contributed by atoms with Crippen LogP contribution in [-0.2, 0) is 52.7 Å². The van der Waals surface area contributed by atoms with Crippen LogP contribution in [0.25, 0.3) is 0 Å². The molecule has 5 rings (SSSR count). The van der Waals surface area contributed by atoms with Gasteiger partial charge in [-0.1, -0.05) is 0 Å². The average molecular weight is 747 g/mol. The summed E-state index contributed by atoms with van der Waals surface area (Å²) in [5.41, 5.74) is -0.613. The van der Waals surface area contributed by atoms with Crippen LogP contribution in [0.3, 0.4) is 0 Å². The summed E-state index contributed by atoms with van der Waals surface area (Å²) in [6.45, 7) is 12.7. The average Bonchev–Trinajstić information content (AvgIpc) is 3.50. The van der Waals surface area contributed by atoms with Gasteiger partial charge in [0.2, 0.25) is 11.6 Å². The Hall–Kier alpha value is -3.22. The number of halogens is 7. The van der Waals surface area contributed by atoms with Crippen LogP contribution in [-0.4, -0.2) is 91.7 Å². The third-order valence-corrected chi connectivity index (χ3v) is 7.70. The molecule has 3 aliphatic heterocycles. The van der Waals surface area contributed by atoms with Crippen LogP contribution in [0.2, 0.25) is 0 Å². The minimum absolute atomic E-state index is 0.0264. The van der Waals surface area contributed by atoms with E-state index in [1.54, 1.807) is 46.4 Å². The fraction of sp³-hybridized carbons (Fsp3) is 0.714. The molecule has 0 spiro atoms. The standard InChI is InChI=1S/C16H23F3N4O3.C12H15BrF3N3O2/c1-15(2,3)26-14(24)22-4-5-23-11(10-22)12(20-13(23)16(17,18)19)21-6-8-25-9-7-21;1-11(2,3)21-10(20)18-4-5-19-7(6-18)8(13)17-9(19)12(14,15)16/h4-10H2,1-3H3;4-6H2,1-3H3. The van der Waals surface area contributed by atoms with Gasteiger partial charge in [0, 0.05) is 39.3 Å². The molecule has 12 nitrogen and oxygen atoms in total. The maximum absolute atomic E-state index is 13.4. The third kappa shape index (κ3) is 9.03. The second-order valence-corrected chi connectivity index (χ2v) is 13.8. The van der Waals surface area contributed by atoms with Crippen molar-refractivity contribution in [2.75, 3.05) is 44.3 Å². The first-order valence-corrected chi connectivity index (χ1v) is 15.6. The number of morpholine rings is 1. The second-order valence-electron chi connectivity index (χ2n) is 13.1. The Morgan fingerprint density at radius 2 is 1.11 bits per heavy atom. The lowest BCUT2D eigenvalue weighted by molar-refractivity contribution is -0.148. The molecule has 2 aromatic rings. The first-order valence-electron chi connectivity index (χ1n) is 14.8. The van der Waals surface area contributed by atoms with Crippen molar-refractivity contribution in [3.05, 3.63) is 27.6 Å². The van der Waals surface area contributed by atoms with Crippen LogP contribution in [0.5, 0.6) is 0 Å². The van der Waals surface area contributed by atoms with Crippen LogP contribution >= 0.6 is 15.9 Å². The van der Waals surface area contributed by atoms with Gasteiger partial charge in [0.25, 0.3) is 0 Å². The molecule has 0 bridgehead atoms. The van der Waals surface area contributed by atoms with Crippen molar-refractivity contribution in [3.8, 4) is 0 Å². The zero-order valence-corrected chi connectivity index (χ0v) is 28.5. The van der Waals surface area contributed by atoms with Crippen molar-refractivity contribution in [1.82, 2.24) is 28.9 Å². The number of ether oxygens (including phenoxy) is 3. The predicted molar refractivity (Wildman–Crippen MR) is 158 cm³/mol. The van der Waals surface area contributed by atoms with Gasteiger partial charge in [0.05, 0.1) is 37.7 Å². The highest BCUT2D eigenvalue weighted by atomic mass is 79.9. The van der Waals surface area contributed by atoms with Gasteiger partial charge in [-0.05, 0) is 57.5 Å². The zero-order valence-electron chi connectivity index (χ0n) is 26.9. The van der Waals surface area contributed by atoms with E-state index in [9.17, 15) is 35.9 Å². The van der Waals surface area contributed by atoms with Crippen molar-refractivity contribution < 1.29 is 50.1 Å². The Morgan fingerprint density at radius 3 is 1.55 bits per heavy atom. The monoisotopic (exact) mass is 745 g/mol. The Kier molecular flexibility index (Phi) is 10.4. The molecular formula is C28H38BrF6N7O5. The molecule has 0 saturated carbocycles. The molecule has 0 unspecified atom stereocenters. The first kappa shape index (κ1) is 36.6. The number of alkyl halides is 6.